The lowest BCUT2D eigenvalue weighted by atomic mass is 9.77. The number of hydrogen-bond donors (Lipinski definition) is 1. The molecule has 0 bridgehead atoms. The van der Waals surface area contributed by atoms with Crippen molar-refractivity contribution < 1.29 is 4.39 Å². The molecule has 0 spiro atoms. The maximum Gasteiger partial charge on any atom is 0.124 e. The number of halogens is 2. The summed E-state index contributed by atoms with van der Waals surface area (Å²) in [5.41, 5.74) is 1.09. The minimum absolute atomic E-state index is 0.148. The van der Waals surface area contributed by atoms with Crippen molar-refractivity contribution in [2.45, 2.75) is 58.4 Å². The van der Waals surface area contributed by atoms with Crippen molar-refractivity contribution in [3.63, 3.8) is 0 Å². The van der Waals surface area contributed by atoms with Crippen LogP contribution in [0.2, 0.25) is 0 Å². The van der Waals surface area contributed by atoms with Crippen LogP contribution in [0.25, 0.3) is 0 Å². The van der Waals surface area contributed by atoms with E-state index >= 15 is 0 Å². The maximum absolute atomic E-state index is 13.6. The molecule has 1 fully saturated rings. The molecule has 0 heterocycles. The Labute approximate surface area is 136 Å². The van der Waals surface area contributed by atoms with E-state index in [1.165, 1.54) is 31.7 Å². The molecule has 21 heavy (non-hydrogen) atoms. The highest BCUT2D eigenvalue weighted by molar-refractivity contribution is 9.10. The fraction of sp³-hybridized carbons (Fsp3) is 0.667. The van der Waals surface area contributed by atoms with Gasteiger partial charge in [0.05, 0.1) is 0 Å². The van der Waals surface area contributed by atoms with Gasteiger partial charge in [-0.05, 0) is 67.8 Å². The number of rotatable bonds is 6. The van der Waals surface area contributed by atoms with Crippen molar-refractivity contribution in [1.29, 1.82) is 0 Å². The van der Waals surface area contributed by atoms with Gasteiger partial charge in [0.25, 0.3) is 0 Å². The van der Waals surface area contributed by atoms with Gasteiger partial charge in [-0.1, -0.05) is 42.6 Å². The van der Waals surface area contributed by atoms with Gasteiger partial charge in [-0.25, -0.2) is 4.39 Å². The van der Waals surface area contributed by atoms with Gasteiger partial charge >= 0.3 is 0 Å². The summed E-state index contributed by atoms with van der Waals surface area (Å²) >= 11 is 3.40. The van der Waals surface area contributed by atoms with Gasteiger partial charge in [0.15, 0.2) is 0 Å². The molecule has 3 heteroatoms. The van der Waals surface area contributed by atoms with Crippen LogP contribution in [0.1, 0.15) is 51.5 Å². The molecule has 1 N–H and O–H groups in total. The molecule has 1 aliphatic rings. The summed E-state index contributed by atoms with van der Waals surface area (Å²) in [7, 11) is 0. The van der Waals surface area contributed by atoms with Crippen molar-refractivity contribution in [3.05, 3.63) is 34.1 Å². The Bertz CT molecular complexity index is 429. The van der Waals surface area contributed by atoms with E-state index < -0.39 is 0 Å². The van der Waals surface area contributed by atoms with Crippen LogP contribution in [0.5, 0.6) is 0 Å². The second-order valence-electron chi connectivity index (χ2n) is 6.57. The zero-order valence-electron chi connectivity index (χ0n) is 13.2. The average molecular weight is 356 g/mol. The van der Waals surface area contributed by atoms with Gasteiger partial charge in [0, 0.05) is 10.5 Å². The predicted molar refractivity (Wildman–Crippen MR) is 91.0 cm³/mol. The van der Waals surface area contributed by atoms with E-state index in [0.29, 0.717) is 6.04 Å². The number of hydrogen-bond acceptors (Lipinski definition) is 1. The summed E-state index contributed by atoms with van der Waals surface area (Å²) in [6.45, 7) is 5.61. The third-order valence-corrected chi connectivity index (χ3v) is 5.04. The average Bonchev–Trinajstić information content (AvgIpc) is 2.42. The Balaban J connectivity index is 2.07. The highest BCUT2D eigenvalue weighted by Gasteiger charge is 2.26. The summed E-state index contributed by atoms with van der Waals surface area (Å²) in [6, 6.07) is 5.73. The highest BCUT2D eigenvalue weighted by Crippen LogP contribution is 2.32. The molecule has 1 aromatic carbocycles. The first-order chi connectivity index (χ1) is 10.1. The van der Waals surface area contributed by atoms with Crippen molar-refractivity contribution in [1.82, 2.24) is 5.32 Å². The van der Waals surface area contributed by atoms with Crippen LogP contribution in [0, 0.1) is 17.7 Å². The number of nitrogens with one attached hydrogen (secondary N) is 1. The molecular weight excluding hydrogens is 329 g/mol. The molecule has 1 aromatic rings. The van der Waals surface area contributed by atoms with Crippen LogP contribution in [-0.2, 0) is 6.42 Å². The van der Waals surface area contributed by atoms with Gasteiger partial charge in [0.2, 0.25) is 0 Å². The Morgan fingerprint density at radius 2 is 2.14 bits per heavy atom. The molecule has 1 aliphatic carbocycles. The summed E-state index contributed by atoms with van der Waals surface area (Å²) < 4.78 is 14.4. The molecule has 0 radical (unpaired) electrons. The molecule has 118 valence electrons. The van der Waals surface area contributed by atoms with Gasteiger partial charge in [-0.15, -0.1) is 0 Å². The van der Waals surface area contributed by atoms with Crippen LogP contribution in [0.4, 0.5) is 4.39 Å². The summed E-state index contributed by atoms with van der Waals surface area (Å²) in [4.78, 5) is 0. The summed E-state index contributed by atoms with van der Waals surface area (Å²) in [5, 5.41) is 3.71. The van der Waals surface area contributed by atoms with Gasteiger partial charge in [0.1, 0.15) is 5.82 Å². The first-order valence-electron chi connectivity index (χ1n) is 8.26. The van der Waals surface area contributed by atoms with E-state index in [1.807, 2.05) is 0 Å². The first kappa shape index (κ1) is 17.0. The van der Waals surface area contributed by atoms with Crippen molar-refractivity contribution in [3.8, 4) is 0 Å². The third-order valence-electron chi connectivity index (χ3n) is 4.58. The molecule has 0 aliphatic heterocycles. The van der Waals surface area contributed by atoms with Crippen LogP contribution in [-0.4, -0.2) is 12.6 Å². The normalized spacial score (nSPS) is 24.0. The smallest absolute Gasteiger partial charge is 0.124 e. The van der Waals surface area contributed by atoms with Crippen LogP contribution < -0.4 is 5.32 Å². The standard InChI is InChI=1S/C18H27BrFN/c1-3-7-21-18(15-6-4-5-13(2)8-15)11-14-9-16(19)12-17(20)10-14/h9-10,12-13,15,18,21H,3-8,11H2,1-2H3. The second kappa shape index (κ2) is 8.28. The number of benzene rings is 1. The zero-order valence-corrected chi connectivity index (χ0v) is 14.8. The lowest BCUT2D eigenvalue weighted by Crippen LogP contribution is -2.40. The van der Waals surface area contributed by atoms with E-state index in [9.17, 15) is 4.39 Å². The lowest BCUT2D eigenvalue weighted by molar-refractivity contribution is 0.221. The monoisotopic (exact) mass is 355 g/mol. The Kier molecular flexibility index (Phi) is 6.69. The Hall–Kier alpha value is -0.410. The van der Waals surface area contributed by atoms with Crippen LogP contribution in [0.3, 0.4) is 0 Å². The quantitative estimate of drug-likeness (QED) is 0.727. The molecule has 1 nitrogen and oxygen atoms in total. The molecule has 0 aromatic heterocycles. The first-order valence-corrected chi connectivity index (χ1v) is 9.06. The third kappa shape index (κ3) is 5.37. The van der Waals surface area contributed by atoms with Crippen molar-refractivity contribution in [2.75, 3.05) is 6.54 Å². The predicted octanol–water partition coefficient (Wildman–Crippen LogP) is 5.33. The minimum Gasteiger partial charge on any atom is -0.313 e. The van der Waals surface area contributed by atoms with Gasteiger partial charge in [-0.2, -0.15) is 0 Å². The highest BCUT2D eigenvalue weighted by atomic mass is 79.9. The zero-order chi connectivity index (χ0) is 15.2. The fourth-order valence-corrected chi connectivity index (χ4v) is 4.08. The van der Waals surface area contributed by atoms with E-state index in [4.69, 9.17) is 0 Å². The molecule has 2 rings (SSSR count). The van der Waals surface area contributed by atoms with Gasteiger partial charge in [-0.3, -0.25) is 0 Å². The summed E-state index contributed by atoms with van der Waals surface area (Å²) in [5.74, 6) is 1.40. The van der Waals surface area contributed by atoms with Crippen LogP contribution in [0.15, 0.2) is 22.7 Å². The van der Waals surface area contributed by atoms with Crippen molar-refractivity contribution in [2.24, 2.45) is 11.8 Å². The molecule has 0 amide bonds. The van der Waals surface area contributed by atoms with Crippen LogP contribution >= 0.6 is 15.9 Å². The van der Waals surface area contributed by atoms with E-state index in [0.717, 1.165) is 41.3 Å². The Morgan fingerprint density at radius 3 is 2.81 bits per heavy atom. The van der Waals surface area contributed by atoms with Crippen molar-refractivity contribution >= 4 is 15.9 Å². The molecule has 1 saturated carbocycles. The molecule has 3 atom stereocenters. The van der Waals surface area contributed by atoms with E-state index in [-0.39, 0.29) is 5.82 Å². The Morgan fingerprint density at radius 1 is 1.33 bits per heavy atom. The molecule has 0 saturated heterocycles. The van der Waals surface area contributed by atoms with E-state index in [1.54, 1.807) is 6.07 Å². The second-order valence-corrected chi connectivity index (χ2v) is 7.49. The SMILES string of the molecule is CCCNC(Cc1cc(F)cc(Br)c1)C1CCCC(C)C1. The maximum atomic E-state index is 13.6. The van der Waals surface area contributed by atoms with E-state index in [2.05, 4.69) is 41.2 Å². The lowest BCUT2D eigenvalue weighted by Gasteiger charge is -2.34. The fourth-order valence-electron chi connectivity index (χ4n) is 3.56. The largest absolute Gasteiger partial charge is 0.313 e. The molecule has 3 unspecified atom stereocenters. The summed E-state index contributed by atoms with van der Waals surface area (Å²) in [6.07, 6.45) is 7.38. The minimum atomic E-state index is -0.148. The molecular formula is C18H27BrFN. The topological polar surface area (TPSA) is 12.0 Å². The van der Waals surface area contributed by atoms with Gasteiger partial charge < -0.3 is 5.32 Å².